The minimum absolute atomic E-state index is 0.0438. The lowest BCUT2D eigenvalue weighted by atomic mass is 9.60. The van der Waals surface area contributed by atoms with E-state index in [-0.39, 0.29) is 63.7 Å². The Kier molecular flexibility index (Phi) is 9.11. The van der Waals surface area contributed by atoms with Crippen LogP contribution in [0.5, 0.6) is 11.6 Å². The number of nitrogens with zero attached hydrogens (tertiary/aromatic N) is 2. The zero-order valence-corrected chi connectivity index (χ0v) is 28.9. The van der Waals surface area contributed by atoms with Crippen LogP contribution in [0.15, 0.2) is 15.9 Å². The molecule has 0 amide bonds. The topological polar surface area (TPSA) is 138 Å². The van der Waals surface area contributed by atoms with Gasteiger partial charge in [-0.2, -0.15) is 0 Å². The number of aliphatic hydroxyl groups excluding tert-OH is 1. The number of carbonyl (C=O) groups excluding carboxylic acids is 3. The zero-order chi connectivity index (χ0) is 32.9. The summed E-state index contributed by atoms with van der Waals surface area (Å²) in [6, 6.07) is 0. The maximum atomic E-state index is 14.8. The van der Waals surface area contributed by atoms with Gasteiger partial charge in [0.1, 0.15) is 22.2 Å². The van der Waals surface area contributed by atoms with E-state index in [1.165, 1.54) is 0 Å². The summed E-state index contributed by atoms with van der Waals surface area (Å²) in [6.07, 6.45) is 4.57. The average Bonchev–Trinajstić information content (AvgIpc) is 3.37. The van der Waals surface area contributed by atoms with Gasteiger partial charge in [0.05, 0.1) is 18.8 Å². The summed E-state index contributed by atoms with van der Waals surface area (Å²) in [5.41, 5.74) is -1.14. The number of hydrogen-bond acceptors (Lipinski definition) is 10. The van der Waals surface area contributed by atoms with Crippen molar-refractivity contribution in [1.29, 1.82) is 0 Å². The molecule has 2 unspecified atom stereocenters. The predicted molar refractivity (Wildman–Crippen MR) is 170 cm³/mol. The van der Waals surface area contributed by atoms with Crippen molar-refractivity contribution in [3.05, 3.63) is 44.6 Å². The highest BCUT2D eigenvalue weighted by atomic mass is 35.5. The second kappa shape index (κ2) is 12.3. The first-order chi connectivity index (χ1) is 21.2. The first-order valence-electron chi connectivity index (χ1n) is 15.9. The molecule has 5 rings (SSSR count). The van der Waals surface area contributed by atoms with Crippen LogP contribution in [0.2, 0.25) is 23.3 Å². The molecule has 0 radical (unpaired) electrons. The van der Waals surface area contributed by atoms with Gasteiger partial charge in [0.2, 0.25) is 5.78 Å². The Balaban J connectivity index is 1.72. The highest BCUT2D eigenvalue weighted by Crippen LogP contribution is 2.56. The molecule has 10 nitrogen and oxygen atoms in total. The van der Waals surface area contributed by atoms with Gasteiger partial charge >= 0.3 is 0 Å². The highest BCUT2D eigenvalue weighted by molar-refractivity contribution is 6.74. The quantitative estimate of drug-likeness (QED) is 0.113. The summed E-state index contributed by atoms with van der Waals surface area (Å²) in [6.45, 7) is 14.8. The Labute approximate surface area is 270 Å². The van der Waals surface area contributed by atoms with E-state index in [1.807, 2.05) is 26.9 Å². The number of aldehydes is 1. The van der Waals surface area contributed by atoms with Crippen LogP contribution in [0.1, 0.15) is 109 Å². The number of ether oxygens (including phenoxy) is 2. The number of fused-ring (bicyclic) bond motifs is 4. The van der Waals surface area contributed by atoms with Crippen molar-refractivity contribution in [3.63, 3.8) is 0 Å². The van der Waals surface area contributed by atoms with Crippen molar-refractivity contribution < 1.29 is 37.9 Å². The third-order valence-corrected chi connectivity index (χ3v) is 14.6. The van der Waals surface area contributed by atoms with Crippen molar-refractivity contribution in [2.24, 2.45) is 11.8 Å². The monoisotopic (exact) mass is 658 g/mol. The Morgan fingerprint density at radius 2 is 1.76 bits per heavy atom. The van der Waals surface area contributed by atoms with Crippen LogP contribution in [0.25, 0.3) is 0 Å². The number of pyridine rings is 1. The van der Waals surface area contributed by atoms with E-state index >= 15 is 0 Å². The van der Waals surface area contributed by atoms with Gasteiger partial charge < -0.3 is 23.5 Å². The van der Waals surface area contributed by atoms with E-state index in [4.69, 9.17) is 30.0 Å². The van der Waals surface area contributed by atoms with E-state index in [0.717, 1.165) is 19.3 Å². The molecule has 0 saturated carbocycles. The maximum Gasteiger partial charge on any atom is 0.265 e. The van der Waals surface area contributed by atoms with Crippen molar-refractivity contribution in [1.82, 2.24) is 10.1 Å². The normalized spacial score (nSPS) is 22.8. The Hall–Kier alpha value is -3.02. The molecular weight excluding hydrogens is 616 g/mol. The summed E-state index contributed by atoms with van der Waals surface area (Å²) in [5.74, 6) is -1.99. The SMILES string of the molecule is CCCCOc1noc2c1C(=O)[C@@]1(O[Si](C)(C)C(C)(C)C)C(O)=C3C(=O)c4c(c(Cl)nc(C=O)c4OCCCC)CC3CC1C2. The molecule has 0 aromatic carbocycles. The second-order valence-corrected chi connectivity index (χ2v) is 18.9. The van der Waals surface area contributed by atoms with Crippen LogP contribution < -0.4 is 9.47 Å². The molecule has 3 aliphatic carbocycles. The molecule has 12 heteroatoms. The third kappa shape index (κ3) is 5.44. The predicted octanol–water partition coefficient (Wildman–Crippen LogP) is 7.28. The van der Waals surface area contributed by atoms with Gasteiger partial charge in [0, 0.05) is 23.5 Å². The first kappa shape index (κ1) is 33.3. The van der Waals surface area contributed by atoms with E-state index < -0.39 is 43.1 Å². The number of unbranched alkanes of at least 4 members (excludes halogenated alkanes) is 2. The number of aliphatic hydroxyl groups is 1. The molecule has 0 bridgehead atoms. The molecule has 0 fully saturated rings. The number of hydrogen-bond donors (Lipinski definition) is 1. The lowest BCUT2D eigenvalue weighted by Gasteiger charge is -2.52. The summed E-state index contributed by atoms with van der Waals surface area (Å²) >= 11 is 6.57. The minimum Gasteiger partial charge on any atom is -0.508 e. The van der Waals surface area contributed by atoms with Gasteiger partial charge in [-0.05, 0) is 54.9 Å². The molecule has 0 aliphatic heterocycles. The number of rotatable bonds is 11. The van der Waals surface area contributed by atoms with Crippen LogP contribution in [-0.2, 0) is 17.3 Å². The van der Waals surface area contributed by atoms with E-state index in [9.17, 15) is 19.5 Å². The molecule has 2 aromatic rings. The summed E-state index contributed by atoms with van der Waals surface area (Å²) in [4.78, 5) is 45.7. The molecule has 244 valence electrons. The summed E-state index contributed by atoms with van der Waals surface area (Å²) < 4.78 is 24.5. The minimum atomic E-state index is -2.77. The van der Waals surface area contributed by atoms with Crippen LogP contribution >= 0.6 is 11.6 Å². The number of aromatic nitrogens is 2. The van der Waals surface area contributed by atoms with Crippen molar-refractivity contribution in [2.75, 3.05) is 13.2 Å². The van der Waals surface area contributed by atoms with Gasteiger partial charge in [0.25, 0.3) is 5.88 Å². The second-order valence-electron chi connectivity index (χ2n) is 13.8. The molecule has 2 aromatic heterocycles. The number of Topliss-reactive ketones (excluding diaryl/α,β-unsaturated/α-hetero) is 2. The number of halogens is 1. The summed E-state index contributed by atoms with van der Waals surface area (Å²) in [7, 11) is -2.77. The van der Waals surface area contributed by atoms with Crippen LogP contribution in [0.4, 0.5) is 0 Å². The molecule has 1 N–H and O–H groups in total. The van der Waals surface area contributed by atoms with Gasteiger partial charge in [0.15, 0.2) is 37.5 Å². The Morgan fingerprint density at radius 3 is 2.38 bits per heavy atom. The van der Waals surface area contributed by atoms with Crippen LogP contribution in [0.3, 0.4) is 0 Å². The fraction of sp³-hybridized carbons (Fsp3) is 0.606. The smallest absolute Gasteiger partial charge is 0.265 e. The Morgan fingerprint density at radius 1 is 1.09 bits per heavy atom. The van der Waals surface area contributed by atoms with Crippen LogP contribution in [-0.4, -0.2) is 60.2 Å². The maximum absolute atomic E-state index is 14.8. The lowest BCUT2D eigenvalue weighted by molar-refractivity contribution is -0.0175. The van der Waals surface area contributed by atoms with Crippen molar-refractivity contribution in [3.8, 4) is 11.6 Å². The van der Waals surface area contributed by atoms with Crippen LogP contribution in [0, 0.1) is 11.8 Å². The molecule has 3 atom stereocenters. The molecule has 0 spiro atoms. The molecule has 0 saturated heterocycles. The zero-order valence-electron chi connectivity index (χ0n) is 27.2. The summed E-state index contributed by atoms with van der Waals surface area (Å²) in [5, 5.41) is 16.2. The largest absolute Gasteiger partial charge is 0.508 e. The molecule has 3 aliphatic rings. The first-order valence-corrected chi connectivity index (χ1v) is 19.2. The average molecular weight is 659 g/mol. The number of allylic oxidation sites excluding steroid dienone is 1. The van der Waals surface area contributed by atoms with Crippen molar-refractivity contribution in [2.45, 2.75) is 103 Å². The molecule has 2 heterocycles. The number of carbonyl (C=O) groups is 3. The fourth-order valence-electron chi connectivity index (χ4n) is 6.38. The number of ketones is 2. The molecular formula is C33H43ClN2O8Si. The van der Waals surface area contributed by atoms with E-state index in [2.05, 4.69) is 30.9 Å². The third-order valence-electron chi connectivity index (χ3n) is 9.85. The van der Waals surface area contributed by atoms with E-state index in [1.54, 1.807) is 0 Å². The standard InChI is InChI=1S/C33H43ClN2O8Si/c1-8-10-12-41-27-21(17-37)35-30(34)20-15-18-14-19-16-22-25(31(36-43-22)42-13-11-9-2)29(40)33(19,44-45(6,7)32(3,4)5)28(39)23(18)26(38)24(20)27/h17-19,39H,8-16H2,1-7H3/t18?,19?,33-/m0/s1. The van der Waals surface area contributed by atoms with Gasteiger partial charge in [-0.25, -0.2) is 4.98 Å². The Bertz CT molecular complexity index is 1560. The van der Waals surface area contributed by atoms with Gasteiger partial charge in [-0.1, -0.05) is 59.1 Å². The van der Waals surface area contributed by atoms with Gasteiger partial charge in [-0.15, -0.1) is 0 Å². The lowest BCUT2D eigenvalue weighted by Crippen LogP contribution is -2.63. The van der Waals surface area contributed by atoms with E-state index in [0.29, 0.717) is 37.1 Å². The van der Waals surface area contributed by atoms with Crippen molar-refractivity contribution >= 4 is 37.8 Å². The van der Waals surface area contributed by atoms with Gasteiger partial charge in [-0.3, -0.25) is 14.4 Å². The molecule has 45 heavy (non-hydrogen) atoms. The highest BCUT2D eigenvalue weighted by Gasteiger charge is 2.64. The fourth-order valence-corrected chi connectivity index (χ4v) is 8.11.